The summed E-state index contributed by atoms with van der Waals surface area (Å²) in [5.41, 5.74) is 0.304. The molecular weight excluding hydrogens is 306 g/mol. The molecule has 0 atom stereocenters. The average molecular weight is 323 g/mol. The molecule has 6 nitrogen and oxygen atoms in total. The zero-order chi connectivity index (χ0) is 16.2. The Morgan fingerprint density at radius 1 is 1.23 bits per heavy atom. The monoisotopic (exact) mass is 323 g/mol. The van der Waals surface area contributed by atoms with E-state index in [9.17, 15) is 13.2 Å². The van der Waals surface area contributed by atoms with E-state index in [0.29, 0.717) is 11.3 Å². The molecule has 1 aromatic carbocycles. The maximum Gasteiger partial charge on any atom is 0.338 e. The lowest BCUT2D eigenvalue weighted by molar-refractivity contribution is 0.0378. The lowest BCUT2D eigenvalue weighted by Crippen LogP contribution is -2.23. The van der Waals surface area contributed by atoms with Crippen LogP contribution in [0.1, 0.15) is 30.0 Å². The van der Waals surface area contributed by atoms with Crippen molar-refractivity contribution >= 4 is 16.0 Å². The second-order valence-electron chi connectivity index (χ2n) is 4.88. The van der Waals surface area contributed by atoms with E-state index in [2.05, 4.69) is 4.72 Å². The normalized spacial score (nSPS) is 11.6. The SMILES string of the molecule is CC(C)OC(=O)c1ccc(S(=O)(=O)NCc2ccco2)cc1. The van der Waals surface area contributed by atoms with Gasteiger partial charge in [-0.15, -0.1) is 0 Å². The third-order valence-corrected chi connectivity index (χ3v) is 4.18. The van der Waals surface area contributed by atoms with E-state index in [0.717, 1.165) is 0 Å². The number of rotatable bonds is 6. The molecule has 2 rings (SSSR count). The van der Waals surface area contributed by atoms with E-state index in [-0.39, 0.29) is 17.5 Å². The molecule has 0 saturated carbocycles. The van der Waals surface area contributed by atoms with Crippen LogP contribution in [0.25, 0.3) is 0 Å². The Morgan fingerprint density at radius 2 is 1.91 bits per heavy atom. The van der Waals surface area contributed by atoms with Gasteiger partial charge >= 0.3 is 5.97 Å². The largest absolute Gasteiger partial charge is 0.468 e. The molecule has 1 N–H and O–H groups in total. The summed E-state index contributed by atoms with van der Waals surface area (Å²) in [7, 11) is -3.66. The molecule has 0 fully saturated rings. The maximum absolute atomic E-state index is 12.1. The summed E-state index contributed by atoms with van der Waals surface area (Å²) in [6.45, 7) is 3.55. The van der Waals surface area contributed by atoms with Crippen LogP contribution in [0.3, 0.4) is 0 Å². The van der Waals surface area contributed by atoms with Crippen LogP contribution in [0.5, 0.6) is 0 Å². The fraction of sp³-hybridized carbons (Fsp3) is 0.267. The van der Waals surface area contributed by atoms with Crippen molar-refractivity contribution in [3.63, 3.8) is 0 Å². The van der Waals surface area contributed by atoms with Gasteiger partial charge in [0.25, 0.3) is 0 Å². The van der Waals surface area contributed by atoms with Crippen molar-refractivity contribution in [2.45, 2.75) is 31.4 Å². The molecule has 0 radical (unpaired) electrons. The lowest BCUT2D eigenvalue weighted by atomic mass is 10.2. The number of hydrogen-bond acceptors (Lipinski definition) is 5. The van der Waals surface area contributed by atoms with Crippen LogP contribution in [-0.4, -0.2) is 20.5 Å². The summed E-state index contributed by atoms with van der Waals surface area (Å²) < 4.78 is 36.8. The molecule has 0 aliphatic rings. The number of nitrogens with one attached hydrogen (secondary N) is 1. The molecule has 0 spiro atoms. The Balaban J connectivity index is 2.06. The van der Waals surface area contributed by atoms with Gasteiger partial charge in [-0.05, 0) is 50.2 Å². The lowest BCUT2D eigenvalue weighted by Gasteiger charge is -2.09. The summed E-state index contributed by atoms with van der Waals surface area (Å²) in [5, 5.41) is 0. The summed E-state index contributed by atoms with van der Waals surface area (Å²) in [6.07, 6.45) is 1.24. The van der Waals surface area contributed by atoms with E-state index in [4.69, 9.17) is 9.15 Å². The fourth-order valence-corrected chi connectivity index (χ4v) is 2.71. The number of ether oxygens (including phenoxy) is 1. The molecule has 0 unspecified atom stereocenters. The Morgan fingerprint density at radius 3 is 2.45 bits per heavy atom. The van der Waals surface area contributed by atoms with Crippen LogP contribution in [0, 0.1) is 0 Å². The Bertz CT molecular complexity index is 718. The van der Waals surface area contributed by atoms with Crippen molar-refractivity contribution in [3.05, 3.63) is 54.0 Å². The average Bonchev–Trinajstić information content (AvgIpc) is 2.98. The Kier molecular flexibility index (Phi) is 4.99. The van der Waals surface area contributed by atoms with E-state index in [1.54, 1.807) is 26.0 Å². The summed E-state index contributed by atoms with van der Waals surface area (Å²) in [6, 6.07) is 8.92. The van der Waals surface area contributed by atoms with Crippen LogP contribution in [0.4, 0.5) is 0 Å². The molecule has 0 aliphatic carbocycles. The number of carbonyl (C=O) groups excluding carboxylic acids is 1. The predicted molar refractivity (Wildman–Crippen MR) is 79.7 cm³/mol. The number of benzene rings is 1. The molecular formula is C15H17NO5S. The van der Waals surface area contributed by atoms with E-state index < -0.39 is 16.0 Å². The number of furan rings is 1. The number of sulfonamides is 1. The standard InChI is InChI=1S/C15H17NO5S/c1-11(2)21-15(17)12-5-7-14(8-6-12)22(18,19)16-10-13-4-3-9-20-13/h3-9,11,16H,10H2,1-2H3. The highest BCUT2D eigenvalue weighted by Gasteiger charge is 2.16. The first kappa shape index (κ1) is 16.3. The van der Waals surface area contributed by atoms with Gasteiger partial charge in [-0.3, -0.25) is 0 Å². The molecule has 22 heavy (non-hydrogen) atoms. The van der Waals surface area contributed by atoms with E-state index in [1.165, 1.54) is 30.5 Å². The van der Waals surface area contributed by atoms with Crippen molar-refractivity contribution in [1.82, 2.24) is 4.72 Å². The Labute approximate surface area is 129 Å². The van der Waals surface area contributed by atoms with Gasteiger partial charge in [0.1, 0.15) is 5.76 Å². The molecule has 0 amide bonds. The molecule has 2 aromatic rings. The molecule has 7 heteroatoms. The number of carbonyl (C=O) groups is 1. The zero-order valence-electron chi connectivity index (χ0n) is 12.3. The van der Waals surface area contributed by atoms with Gasteiger partial charge in [-0.25, -0.2) is 17.9 Å². The van der Waals surface area contributed by atoms with Gasteiger partial charge in [-0.2, -0.15) is 0 Å². The Hall–Kier alpha value is -2.12. The maximum atomic E-state index is 12.1. The molecule has 0 bridgehead atoms. The number of hydrogen-bond donors (Lipinski definition) is 1. The van der Waals surface area contributed by atoms with Crippen LogP contribution in [-0.2, 0) is 21.3 Å². The first-order valence-electron chi connectivity index (χ1n) is 6.71. The first-order chi connectivity index (χ1) is 10.4. The summed E-state index contributed by atoms with van der Waals surface area (Å²) in [4.78, 5) is 11.8. The minimum Gasteiger partial charge on any atom is -0.468 e. The van der Waals surface area contributed by atoms with Crippen molar-refractivity contribution in [1.29, 1.82) is 0 Å². The smallest absolute Gasteiger partial charge is 0.338 e. The first-order valence-corrected chi connectivity index (χ1v) is 8.20. The van der Waals surface area contributed by atoms with Gasteiger partial charge in [0, 0.05) is 0 Å². The molecule has 1 aromatic heterocycles. The van der Waals surface area contributed by atoms with Gasteiger partial charge in [-0.1, -0.05) is 0 Å². The molecule has 1 heterocycles. The van der Waals surface area contributed by atoms with Crippen LogP contribution >= 0.6 is 0 Å². The van der Waals surface area contributed by atoms with E-state index in [1.807, 2.05) is 0 Å². The van der Waals surface area contributed by atoms with Gasteiger partial charge in [0.2, 0.25) is 10.0 Å². The van der Waals surface area contributed by atoms with Gasteiger partial charge < -0.3 is 9.15 Å². The zero-order valence-corrected chi connectivity index (χ0v) is 13.1. The highest BCUT2D eigenvalue weighted by atomic mass is 32.2. The second-order valence-corrected chi connectivity index (χ2v) is 6.65. The van der Waals surface area contributed by atoms with Crippen LogP contribution in [0.2, 0.25) is 0 Å². The highest BCUT2D eigenvalue weighted by molar-refractivity contribution is 7.89. The number of esters is 1. The van der Waals surface area contributed by atoms with Crippen molar-refractivity contribution in [2.75, 3.05) is 0 Å². The van der Waals surface area contributed by atoms with Crippen LogP contribution < -0.4 is 4.72 Å². The minimum absolute atomic E-state index is 0.0620. The van der Waals surface area contributed by atoms with Gasteiger partial charge in [0.05, 0.1) is 29.4 Å². The van der Waals surface area contributed by atoms with Crippen molar-refractivity contribution < 1.29 is 22.4 Å². The quantitative estimate of drug-likeness (QED) is 0.825. The predicted octanol–water partition coefficient (Wildman–Crippen LogP) is 2.32. The second kappa shape index (κ2) is 6.76. The van der Waals surface area contributed by atoms with Crippen LogP contribution in [0.15, 0.2) is 52.0 Å². The summed E-state index contributed by atoms with van der Waals surface area (Å²) >= 11 is 0. The van der Waals surface area contributed by atoms with E-state index >= 15 is 0 Å². The van der Waals surface area contributed by atoms with Crippen molar-refractivity contribution in [3.8, 4) is 0 Å². The van der Waals surface area contributed by atoms with Gasteiger partial charge in [0.15, 0.2) is 0 Å². The summed E-state index contributed by atoms with van der Waals surface area (Å²) in [5.74, 6) is 0.0307. The fourth-order valence-electron chi connectivity index (χ4n) is 1.71. The third kappa shape index (κ3) is 4.19. The third-order valence-electron chi connectivity index (χ3n) is 2.76. The van der Waals surface area contributed by atoms with Crippen molar-refractivity contribution in [2.24, 2.45) is 0 Å². The molecule has 118 valence electrons. The molecule has 0 saturated heterocycles. The molecule has 0 aliphatic heterocycles. The minimum atomic E-state index is -3.66. The highest BCUT2D eigenvalue weighted by Crippen LogP contribution is 2.13. The topological polar surface area (TPSA) is 85.6 Å².